The number of methoxy groups -OCH3 is 1. The summed E-state index contributed by atoms with van der Waals surface area (Å²) in [4.78, 5) is 38.8. The Balaban J connectivity index is 1.62. The van der Waals surface area contributed by atoms with E-state index in [-0.39, 0.29) is 23.4 Å². The van der Waals surface area contributed by atoms with Gasteiger partial charge in [-0.3, -0.25) is 14.4 Å². The van der Waals surface area contributed by atoms with Crippen LogP contribution in [0.5, 0.6) is 0 Å². The van der Waals surface area contributed by atoms with Crippen LogP contribution in [0.1, 0.15) is 129 Å². The number of carbonyl (C=O) groups is 3. The summed E-state index contributed by atoms with van der Waals surface area (Å²) >= 11 is 0. The first kappa shape index (κ1) is 26.1. The van der Waals surface area contributed by atoms with Gasteiger partial charge in [-0.1, -0.05) is 96.8 Å². The van der Waals surface area contributed by atoms with E-state index < -0.39 is 11.4 Å². The fraction of sp³-hybridized carbons (Fsp3) is 0.889. The van der Waals surface area contributed by atoms with Gasteiger partial charge < -0.3 is 4.74 Å². The van der Waals surface area contributed by atoms with Crippen molar-refractivity contribution in [2.45, 2.75) is 129 Å². The molecule has 0 atom stereocenters. The highest BCUT2D eigenvalue weighted by molar-refractivity contribution is 6.24. The van der Waals surface area contributed by atoms with Gasteiger partial charge in [-0.2, -0.15) is 0 Å². The number of hydrogen-bond acceptors (Lipinski definition) is 4. The van der Waals surface area contributed by atoms with Gasteiger partial charge in [0.25, 0.3) is 0 Å². The summed E-state index contributed by atoms with van der Waals surface area (Å²) in [5.74, 6) is -1.10. The molecule has 178 valence electrons. The first-order valence-electron chi connectivity index (χ1n) is 13.2. The Labute approximate surface area is 190 Å². The Morgan fingerprint density at radius 3 is 1.32 bits per heavy atom. The molecule has 0 aliphatic heterocycles. The van der Waals surface area contributed by atoms with E-state index in [9.17, 15) is 14.4 Å². The zero-order valence-corrected chi connectivity index (χ0v) is 20.2. The minimum absolute atomic E-state index is 0.103. The highest BCUT2D eigenvalue weighted by atomic mass is 16.5. The molecule has 0 heterocycles. The largest absolute Gasteiger partial charge is 0.468 e. The van der Waals surface area contributed by atoms with Gasteiger partial charge in [0.05, 0.1) is 7.11 Å². The summed E-state index contributed by atoms with van der Waals surface area (Å²) in [6.45, 7) is 2.26. The summed E-state index contributed by atoms with van der Waals surface area (Å²) < 4.78 is 5.00. The number of hydrogen-bond donors (Lipinski definition) is 0. The third-order valence-corrected chi connectivity index (χ3v) is 7.18. The molecule has 0 aromatic rings. The molecular weight excluding hydrogens is 388 g/mol. The second-order valence-electron chi connectivity index (χ2n) is 10.0. The molecule has 2 aliphatic carbocycles. The quantitative estimate of drug-likeness (QED) is 0.118. The van der Waals surface area contributed by atoms with Gasteiger partial charge in [0.2, 0.25) is 0 Å². The smallest absolute Gasteiger partial charge is 0.327 e. The van der Waals surface area contributed by atoms with Crippen LogP contribution in [0.3, 0.4) is 0 Å². The zero-order chi connectivity index (χ0) is 22.5. The molecule has 0 saturated heterocycles. The maximum atomic E-state index is 13.0. The molecular formula is C27H46O4. The number of rotatable bonds is 20. The van der Waals surface area contributed by atoms with Crippen molar-refractivity contribution < 1.29 is 19.1 Å². The highest BCUT2D eigenvalue weighted by Gasteiger charge is 2.59. The fourth-order valence-electron chi connectivity index (χ4n) is 4.82. The fourth-order valence-corrected chi connectivity index (χ4v) is 4.82. The minimum atomic E-state index is -1.51. The van der Waals surface area contributed by atoms with Crippen molar-refractivity contribution in [1.29, 1.82) is 0 Å². The predicted molar refractivity (Wildman–Crippen MR) is 125 cm³/mol. The van der Waals surface area contributed by atoms with E-state index >= 15 is 0 Å². The molecule has 31 heavy (non-hydrogen) atoms. The van der Waals surface area contributed by atoms with E-state index in [2.05, 4.69) is 6.92 Å². The first-order valence-corrected chi connectivity index (χ1v) is 13.2. The highest BCUT2D eigenvalue weighted by Crippen LogP contribution is 2.46. The van der Waals surface area contributed by atoms with Crippen molar-refractivity contribution in [3.8, 4) is 0 Å². The van der Waals surface area contributed by atoms with E-state index in [4.69, 9.17) is 4.74 Å². The number of unbranched alkanes of at least 4 members (excludes halogenated alkanes) is 13. The number of ketones is 2. The maximum absolute atomic E-state index is 13.0. The van der Waals surface area contributed by atoms with Crippen molar-refractivity contribution >= 4 is 17.5 Å². The Bertz CT molecular complexity index is 536. The van der Waals surface area contributed by atoms with Crippen LogP contribution in [-0.2, 0) is 19.1 Å². The van der Waals surface area contributed by atoms with Gasteiger partial charge in [-0.05, 0) is 32.1 Å². The standard InChI is InChI=1S/C27H46O4/c1-3-4-5-6-7-8-9-10-11-12-13-14-15-16-21-27(26(30)31-2,24(28)22-17-18-22)25(29)23-19-20-23/h22-23H,3-21H2,1-2H3. The average Bonchev–Trinajstić information content (AvgIpc) is 3.67. The van der Waals surface area contributed by atoms with Crippen LogP contribution in [0.15, 0.2) is 0 Å². The van der Waals surface area contributed by atoms with Crippen molar-refractivity contribution in [1.82, 2.24) is 0 Å². The average molecular weight is 435 g/mol. The lowest BCUT2D eigenvalue weighted by atomic mass is 9.71. The van der Waals surface area contributed by atoms with Gasteiger partial charge in [-0.15, -0.1) is 0 Å². The van der Waals surface area contributed by atoms with E-state index in [0.29, 0.717) is 6.42 Å². The summed E-state index contributed by atoms with van der Waals surface area (Å²) in [7, 11) is 1.31. The van der Waals surface area contributed by atoms with Crippen LogP contribution < -0.4 is 0 Å². The van der Waals surface area contributed by atoms with Crippen molar-refractivity contribution in [3.05, 3.63) is 0 Å². The molecule has 0 radical (unpaired) electrons. The predicted octanol–water partition coefficient (Wildman–Crippen LogP) is 6.98. The molecule has 0 aromatic carbocycles. The molecule has 0 spiro atoms. The van der Waals surface area contributed by atoms with Crippen LogP contribution in [-0.4, -0.2) is 24.6 Å². The first-order chi connectivity index (χ1) is 15.1. The molecule has 0 unspecified atom stereocenters. The van der Waals surface area contributed by atoms with E-state index in [1.807, 2.05) is 0 Å². The number of esters is 1. The SMILES string of the molecule is CCCCCCCCCCCCCCCCC(C(=O)OC)(C(=O)C1CC1)C(=O)C1CC1. The third-order valence-electron chi connectivity index (χ3n) is 7.18. The molecule has 4 nitrogen and oxygen atoms in total. The molecule has 2 aliphatic rings. The summed E-state index contributed by atoms with van der Waals surface area (Å²) in [6, 6.07) is 0. The lowest BCUT2D eigenvalue weighted by molar-refractivity contribution is -0.164. The van der Waals surface area contributed by atoms with Gasteiger partial charge in [0.15, 0.2) is 17.0 Å². The molecule has 2 rings (SSSR count). The van der Waals surface area contributed by atoms with Crippen LogP contribution in [0, 0.1) is 17.3 Å². The van der Waals surface area contributed by atoms with E-state index in [1.165, 1.54) is 77.7 Å². The summed E-state index contributed by atoms with van der Waals surface area (Å²) in [6.07, 6.45) is 21.2. The van der Waals surface area contributed by atoms with Gasteiger partial charge in [-0.25, -0.2) is 0 Å². The van der Waals surface area contributed by atoms with Gasteiger partial charge in [0.1, 0.15) is 0 Å². The third kappa shape index (κ3) is 8.35. The van der Waals surface area contributed by atoms with E-state index in [1.54, 1.807) is 0 Å². The lowest BCUT2D eigenvalue weighted by Gasteiger charge is -2.28. The lowest BCUT2D eigenvalue weighted by Crippen LogP contribution is -2.48. The molecule has 4 heteroatoms. The molecule has 0 N–H and O–H groups in total. The number of carbonyl (C=O) groups excluding carboxylic acids is 3. The van der Waals surface area contributed by atoms with Crippen LogP contribution in [0.4, 0.5) is 0 Å². The molecule has 0 aromatic heterocycles. The van der Waals surface area contributed by atoms with Crippen molar-refractivity contribution in [3.63, 3.8) is 0 Å². The topological polar surface area (TPSA) is 60.4 Å². The van der Waals surface area contributed by atoms with Crippen LogP contribution in [0.2, 0.25) is 0 Å². The monoisotopic (exact) mass is 434 g/mol. The number of Topliss-reactive ketones (excluding diaryl/α,β-unsaturated/α-hetero) is 2. The van der Waals surface area contributed by atoms with Gasteiger partial charge in [0, 0.05) is 11.8 Å². The summed E-state index contributed by atoms with van der Waals surface area (Å²) in [5, 5.41) is 0. The second kappa shape index (κ2) is 14.1. The van der Waals surface area contributed by atoms with E-state index in [0.717, 1.165) is 44.9 Å². The minimum Gasteiger partial charge on any atom is -0.468 e. The van der Waals surface area contributed by atoms with Crippen molar-refractivity contribution in [2.24, 2.45) is 17.3 Å². The van der Waals surface area contributed by atoms with Crippen LogP contribution >= 0.6 is 0 Å². The normalized spacial score (nSPS) is 16.3. The van der Waals surface area contributed by atoms with Crippen molar-refractivity contribution in [2.75, 3.05) is 7.11 Å². The molecule has 2 fully saturated rings. The second-order valence-corrected chi connectivity index (χ2v) is 10.0. The van der Waals surface area contributed by atoms with Crippen LogP contribution in [0.25, 0.3) is 0 Å². The number of ether oxygens (including phenoxy) is 1. The Kier molecular flexibility index (Phi) is 11.8. The Morgan fingerprint density at radius 2 is 1.00 bits per heavy atom. The molecule has 2 saturated carbocycles. The Morgan fingerprint density at radius 1 is 0.645 bits per heavy atom. The maximum Gasteiger partial charge on any atom is 0.327 e. The zero-order valence-electron chi connectivity index (χ0n) is 20.2. The van der Waals surface area contributed by atoms with Gasteiger partial charge >= 0.3 is 5.97 Å². The molecule has 0 bridgehead atoms. The Hall–Kier alpha value is -1.19. The molecule has 0 amide bonds. The summed E-state index contributed by atoms with van der Waals surface area (Å²) in [5.41, 5.74) is -1.51.